The van der Waals surface area contributed by atoms with Crippen LogP contribution in [0.1, 0.15) is 12.5 Å². The summed E-state index contributed by atoms with van der Waals surface area (Å²) in [4.78, 5) is 2.96. The maximum atomic E-state index is 9.37. The van der Waals surface area contributed by atoms with Gasteiger partial charge in [0, 0.05) is 24.1 Å². The Kier molecular flexibility index (Phi) is 5.40. The van der Waals surface area contributed by atoms with Gasteiger partial charge in [0.15, 0.2) is 5.76 Å². The van der Waals surface area contributed by atoms with E-state index in [0.29, 0.717) is 23.2 Å². The second kappa shape index (κ2) is 6.89. The molecular weight excluding hydrogens is 312 g/mol. The number of hydrogen-bond acceptors (Lipinski definition) is 6. The van der Waals surface area contributed by atoms with E-state index in [2.05, 4.69) is 5.16 Å². The predicted molar refractivity (Wildman–Crippen MR) is 83.4 cm³/mol. The lowest BCUT2D eigenvalue weighted by atomic mass is 9.92. The molecule has 2 rings (SSSR count). The van der Waals surface area contributed by atoms with Crippen LogP contribution in [0.4, 0.5) is 0 Å². The highest BCUT2D eigenvalue weighted by Gasteiger charge is 2.25. The van der Waals surface area contributed by atoms with Gasteiger partial charge >= 0.3 is 0 Å². The first-order valence-electron chi connectivity index (χ1n) is 6.57. The van der Waals surface area contributed by atoms with Crippen molar-refractivity contribution in [3.63, 3.8) is 0 Å². The molecule has 5 nitrogen and oxygen atoms in total. The second-order valence-corrected chi connectivity index (χ2v) is 7.30. The van der Waals surface area contributed by atoms with E-state index in [4.69, 9.17) is 16.1 Å². The van der Waals surface area contributed by atoms with Gasteiger partial charge < -0.3 is 19.6 Å². The summed E-state index contributed by atoms with van der Waals surface area (Å²) in [6, 6.07) is 3.73. The van der Waals surface area contributed by atoms with Crippen LogP contribution in [0.2, 0.25) is 4.34 Å². The first kappa shape index (κ1) is 16.5. The zero-order chi connectivity index (χ0) is 15.5. The summed E-state index contributed by atoms with van der Waals surface area (Å²) in [5.41, 5.74) is 0.424. The summed E-state index contributed by atoms with van der Waals surface area (Å²) >= 11 is 7.39. The Labute approximate surface area is 132 Å². The van der Waals surface area contributed by atoms with Crippen molar-refractivity contribution in [3.8, 4) is 10.6 Å². The first-order chi connectivity index (χ1) is 9.97. The van der Waals surface area contributed by atoms with Crippen LogP contribution in [0.3, 0.4) is 0 Å². The number of rotatable bonds is 7. The minimum atomic E-state index is -0.529. The maximum absolute atomic E-state index is 9.37. The highest BCUT2D eigenvalue weighted by Crippen LogP contribution is 2.33. The molecule has 0 radical (unpaired) electrons. The van der Waals surface area contributed by atoms with E-state index >= 15 is 0 Å². The zero-order valence-electron chi connectivity index (χ0n) is 12.0. The van der Waals surface area contributed by atoms with Crippen LogP contribution < -0.4 is 0 Å². The van der Waals surface area contributed by atoms with Crippen molar-refractivity contribution in [3.05, 3.63) is 28.2 Å². The van der Waals surface area contributed by atoms with Gasteiger partial charge in [-0.1, -0.05) is 23.7 Å². The van der Waals surface area contributed by atoms with Gasteiger partial charge in [-0.3, -0.25) is 0 Å². The normalized spacial score (nSPS) is 12.3. The molecule has 0 saturated carbocycles. The smallest absolute Gasteiger partial charge is 0.181 e. The molecule has 0 aliphatic heterocycles. The molecule has 0 aliphatic carbocycles. The van der Waals surface area contributed by atoms with Gasteiger partial charge in [0.05, 0.1) is 28.6 Å². The Bertz CT molecular complexity index is 580. The minimum absolute atomic E-state index is 0.0646. The number of halogens is 1. The lowest BCUT2D eigenvalue weighted by Gasteiger charge is -2.30. The Hall–Kier alpha value is -0.920. The summed E-state index contributed by atoms with van der Waals surface area (Å²) in [7, 11) is 1.93. The average Bonchev–Trinajstić information content (AvgIpc) is 3.07. The third-order valence-electron chi connectivity index (χ3n) is 3.30. The number of hydrogen-bond donors (Lipinski definition) is 2. The Morgan fingerprint density at radius 2 is 2.10 bits per heavy atom. The molecule has 0 aromatic carbocycles. The molecule has 2 aromatic rings. The van der Waals surface area contributed by atoms with Crippen molar-refractivity contribution in [1.82, 2.24) is 10.1 Å². The number of thiophene rings is 1. The topological polar surface area (TPSA) is 69.7 Å². The summed E-state index contributed by atoms with van der Waals surface area (Å²) in [5.74, 6) is 0.716. The third-order valence-corrected chi connectivity index (χ3v) is 4.53. The van der Waals surface area contributed by atoms with Crippen LogP contribution >= 0.6 is 22.9 Å². The summed E-state index contributed by atoms with van der Waals surface area (Å²) in [6.45, 7) is 2.90. The van der Waals surface area contributed by atoms with E-state index in [9.17, 15) is 10.2 Å². The molecule has 7 heteroatoms. The second-order valence-electron chi connectivity index (χ2n) is 5.58. The molecule has 2 heterocycles. The van der Waals surface area contributed by atoms with E-state index in [1.54, 1.807) is 6.20 Å². The van der Waals surface area contributed by atoms with Crippen molar-refractivity contribution in [2.45, 2.75) is 13.5 Å². The molecule has 0 amide bonds. The van der Waals surface area contributed by atoms with Gasteiger partial charge in [-0.15, -0.1) is 11.3 Å². The molecule has 0 aliphatic rings. The summed E-state index contributed by atoms with van der Waals surface area (Å²) in [6.07, 6.45) is 1.69. The van der Waals surface area contributed by atoms with E-state index < -0.39 is 5.41 Å². The molecular formula is C14H19ClN2O3S. The molecule has 0 bridgehead atoms. The molecule has 116 valence electrons. The number of nitrogens with zero attached hydrogens (tertiary/aromatic N) is 2. The van der Waals surface area contributed by atoms with Crippen molar-refractivity contribution in [1.29, 1.82) is 0 Å². The van der Waals surface area contributed by atoms with Crippen molar-refractivity contribution >= 4 is 22.9 Å². The fourth-order valence-corrected chi connectivity index (χ4v) is 3.22. The van der Waals surface area contributed by atoms with Gasteiger partial charge in [0.2, 0.25) is 0 Å². The molecule has 0 spiro atoms. The largest absolute Gasteiger partial charge is 0.396 e. The molecule has 0 atom stereocenters. The number of aliphatic hydroxyl groups excluding tert-OH is 2. The fraction of sp³-hybridized carbons (Fsp3) is 0.500. The van der Waals surface area contributed by atoms with Crippen molar-refractivity contribution in [2.24, 2.45) is 5.41 Å². The maximum Gasteiger partial charge on any atom is 0.181 e. The summed E-state index contributed by atoms with van der Waals surface area (Å²) in [5, 5.41) is 22.6. The molecule has 0 unspecified atom stereocenters. The van der Waals surface area contributed by atoms with E-state index in [1.165, 1.54) is 11.3 Å². The van der Waals surface area contributed by atoms with Gasteiger partial charge in [0.1, 0.15) is 0 Å². The Balaban J connectivity index is 2.09. The monoisotopic (exact) mass is 330 g/mol. The number of aromatic nitrogens is 1. The Morgan fingerprint density at radius 3 is 2.67 bits per heavy atom. The highest BCUT2D eigenvalue weighted by molar-refractivity contribution is 7.19. The Morgan fingerprint density at radius 1 is 1.38 bits per heavy atom. The SMILES string of the molecule is CN(Cc1cnoc1-c1ccc(Cl)s1)CC(C)(CO)CO. The first-order valence-corrected chi connectivity index (χ1v) is 7.76. The van der Waals surface area contributed by atoms with Gasteiger partial charge in [-0.25, -0.2) is 0 Å². The molecule has 0 saturated heterocycles. The molecule has 2 aromatic heterocycles. The average molecular weight is 331 g/mol. The molecule has 0 fully saturated rings. The minimum Gasteiger partial charge on any atom is -0.396 e. The van der Waals surface area contributed by atoms with E-state index in [0.717, 1.165) is 10.4 Å². The summed E-state index contributed by atoms with van der Waals surface area (Å²) < 4.78 is 6.03. The van der Waals surface area contributed by atoms with Crippen LogP contribution in [-0.4, -0.2) is 47.1 Å². The van der Waals surface area contributed by atoms with Gasteiger partial charge in [-0.05, 0) is 19.2 Å². The molecule has 2 N–H and O–H groups in total. The lowest BCUT2D eigenvalue weighted by molar-refractivity contribution is 0.0402. The van der Waals surface area contributed by atoms with Gasteiger partial charge in [-0.2, -0.15) is 0 Å². The highest BCUT2D eigenvalue weighted by atomic mass is 35.5. The quantitative estimate of drug-likeness (QED) is 0.816. The van der Waals surface area contributed by atoms with Crippen LogP contribution in [0, 0.1) is 5.41 Å². The van der Waals surface area contributed by atoms with Crippen LogP contribution in [0.5, 0.6) is 0 Å². The van der Waals surface area contributed by atoms with Crippen molar-refractivity contribution in [2.75, 3.05) is 26.8 Å². The lowest BCUT2D eigenvalue weighted by Crippen LogP contribution is -2.38. The van der Waals surface area contributed by atoms with Crippen LogP contribution in [0.15, 0.2) is 22.9 Å². The van der Waals surface area contributed by atoms with E-state index in [1.807, 2.05) is 31.0 Å². The van der Waals surface area contributed by atoms with Crippen LogP contribution in [0.25, 0.3) is 10.6 Å². The standard InChI is InChI=1S/C14H19ClN2O3S/c1-14(8-18,9-19)7-17(2)6-10-5-16-20-13(10)11-3-4-12(15)21-11/h3-5,18-19H,6-9H2,1-2H3. The van der Waals surface area contributed by atoms with Crippen molar-refractivity contribution < 1.29 is 14.7 Å². The van der Waals surface area contributed by atoms with E-state index in [-0.39, 0.29) is 13.2 Å². The molecule has 21 heavy (non-hydrogen) atoms. The predicted octanol–water partition coefficient (Wildman–Crippen LogP) is 2.48. The fourth-order valence-electron chi connectivity index (χ4n) is 2.16. The number of aliphatic hydroxyl groups is 2. The van der Waals surface area contributed by atoms with Crippen LogP contribution in [-0.2, 0) is 6.54 Å². The third kappa shape index (κ3) is 4.05. The van der Waals surface area contributed by atoms with Gasteiger partial charge in [0.25, 0.3) is 0 Å². The zero-order valence-corrected chi connectivity index (χ0v) is 13.6.